The highest BCUT2D eigenvalue weighted by atomic mass is 32.2. The van der Waals surface area contributed by atoms with Crippen molar-refractivity contribution in [3.63, 3.8) is 0 Å². The summed E-state index contributed by atoms with van der Waals surface area (Å²) in [6.07, 6.45) is 1.15. The average molecular weight is 360 g/mol. The summed E-state index contributed by atoms with van der Waals surface area (Å²) in [5.41, 5.74) is 1.58. The van der Waals surface area contributed by atoms with Crippen molar-refractivity contribution >= 4 is 29.5 Å². The van der Waals surface area contributed by atoms with Crippen LogP contribution in [0, 0.1) is 0 Å². The lowest BCUT2D eigenvalue weighted by Crippen LogP contribution is -2.55. The molecule has 3 atom stereocenters. The van der Waals surface area contributed by atoms with Gasteiger partial charge in [0, 0.05) is 16.9 Å². The lowest BCUT2D eigenvalue weighted by molar-refractivity contribution is -0.150. The van der Waals surface area contributed by atoms with Crippen LogP contribution in [0.1, 0.15) is 48.0 Å². The van der Waals surface area contributed by atoms with Crippen molar-refractivity contribution in [2.24, 2.45) is 0 Å². The predicted molar refractivity (Wildman–Crippen MR) is 93.2 cm³/mol. The molecule has 3 aliphatic rings. The average Bonchev–Trinajstić information content (AvgIpc) is 3.21. The molecule has 2 saturated heterocycles. The Morgan fingerprint density at radius 3 is 2.72 bits per heavy atom. The van der Waals surface area contributed by atoms with Crippen LogP contribution in [0.4, 0.5) is 0 Å². The van der Waals surface area contributed by atoms with E-state index in [1.165, 1.54) is 4.90 Å². The number of likely N-dealkylation sites (tertiary alicyclic amines) is 1. The van der Waals surface area contributed by atoms with Gasteiger partial charge in [-0.3, -0.25) is 9.59 Å². The van der Waals surface area contributed by atoms with Crippen LogP contribution in [0.5, 0.6) is 0 Å². The molecule has 132 valence electrons. The molecule has 6 nitrogen and oxygen atoms in total. The first kappa shape index (κ1) is 16.4. The number of amides is 2. The minimum Gasteiger partial charge on any atom is -0.480 e. The Kier molecular flexibility index (Phi) is 3.61. The fraction of sp³-hybridized carbons (Fsp3) is 0.500. The molecule has 0 spiro atoms. The highest BCUT2D eigenvalue weighted by Crippen LogP contribution is 2.57. The van der Waals surface area contributed by atoms with E-state index in [0.29, 0.717) is 24.9 Å². The molecule has 3 heterocycles. The molecule has 0 aromatic heterocycles. The number of hydrogen-bond acceptors (Lipinski definition) is 4. The van der Waals surface area contributed by atoms with E-state index < -0.39 is 22.8 Å². The second-order valence-electron chi connectivity index (χ2n) is 7.30. The SMILES string of the molecule is CC1(C)SC2c3ccccc3C(=O)N2C1C(=O)N1CCCC1C(=O)O. The van der Waals surface area contributed by atoms with Gasteiger partial charge in [0.1, 0.15) is 17.5 Å². The molecule has 0 saturated carbocycles. The van der Waals surface area contributed by atoms with Crippen LogP contribution in [-0.2, 0) is 9.59 Å². The molecule has 3 aliphatic heterocycles. The van der Waals surface area contributed by atoms with Crippen LogP contribution in [0.2, 0.25) is 0 Å². The molecule has 25 heavy (non-hydrogen) atoms. The molecule has 1 N–H and O–H groups in total. The summed E-state index contributed by atoms with van der Waals surface area (Å²) in [7, 11) is 0. The molecule has 3 unspecified atom stereocenters. The van der Waals surface area contributed by atoms with E-state index in [4.69, 9.17) is 0 Å². The second-order valence-corrected chi connectivity index (χ2v) is 9.04. The highest BCUT2D eigenvalue weighted by Gasteiger charge is 2.58. The Morgan fingerprint density at radius 2 is 2.00 bits per heavy atom. The number of carbonyl (C=O) groups is 3. The van der Waals surface area contributed by atoms with E-state index in [-0.39, 0.29) is 17.2 Å². The van der Waals surface area contributed by atoms with E-state index in [9.17, 15) is 19.5 Å². The smallest absolute Gasteiger partial charge is 0.326 e. The van der Waals surface area contributed by atoms with Crippen molar-refractivity contribution in [2.75, 3.05) is 6.54 Å². The standard InChI is InChI=1S/C18H20N2O4S/c1-18(2)13(15(22)19-9-5-8-12(19)17(23)24)20-14(21)10-6-3-4-7-11(10)16(20)25-18/h3-4,6-7,12-13,16H,5,8-9H2,1-2H3,(H,23,24). The number of carbonyl (C=O) groups excluding carboxylic acids is 2. The number of hydrogen-bond donors (Lipinski definition) is 1. The number of benzene rings is 1. The Balaban J connectivity index is 1.71. The molecule has 7 heteroatoms. The zero-order valence-electron chi connectivity index (χ0n) is 14.1. The summed E-state index contributed by atoms with van der Waals surface area (Å²) in [4.78, 5) is 40.8. The lowest BCUT2D eigenvalue weighted by atomic mass is 9.99. The van der Waals surface area contributed by atoms with Crippen molar-refractivity contribution in [1.29, 1.82) is 0 Å². The van der Waals surface area contributed by atoms with Gasteiger partial charge in [-0.25, -0.2) is 4.79 Å². The zero-order chi connectivity index (χ0) is 17.9. The number of rotatable bonds is 2. The van der Waals surface area contributed by atoms with E-state index >= 15 is 0 Å². The van der Waals surface area contributed by atoms with Crippen LogP contribution in [-0.4, -0.2) is 56.1 Å². The first-order valence-corrected chi connectivity index (χ1v) is 9.33. The first-order chi connectivity index (χ1) is 11.8. The van der Waals surface area contributed by atoms with Gasteiger partial charge in [-0.1, -0.05) is 18.2 Å². The first-order valence-electron chi connectivity index (χ1n) is 8.45. The summed E-state index contributed by atoms with van der Waals surface area (Å²) in [6.45, 7) is 4.35. The zero-order valence-corrected chi connectivity index (χ0v) is 15.0. The molecule has 0 radical (unpaired) electrons. The van der Waals surface area contributed by atoms with Crippen LogP contribution in [0.25, 0.3) is 0 Å². The molecular weight excluding hydrogens is 340 g/mol. The number of nitrogens with zero attached hydrogens (tertiary/aromatic N) is 2. The third-order valence-corrected chi connectivity index (χ3v) is 6.89. The van der Waals surface area contributed by atoms with Gasteiger partial charge in [-0.05, 0) is 38.3 Å². The van der Waals surface area contributed by atoms with Gasteiger partial charge in [-0.2, -0.15) is 0 Å². The van der Waals surface area contributed by atoms with Crippen LogP contribution >= 0.6 is 11.8 Å². The predicted octanol–water partition coefficient (Wildman–Crippen LogP) is 2.11. The van der Waals surface area contributed by atoms with E-state index in [2.05, 4.69) is 0 Å². The summed E-state index contributed by atoms with van der Waals surface area (Å²) in [5.74, 6) is -1.35. The number of carboxylic acid groups (broad SMARTS) is 1. The molecule has 2 fully saturated rings. The number of carboxylic acids is 1. The normalized spacial score (nSPS) is 29.7. The molecule has 0 aliphatic carbocycles. The van der Waals surface area contributed by atoms with E-state index in [1.54, 1.807) is 22.7 Å². The van der Waals surface area contributed by atoms with Crippen LogP contribution < -0.4 is 0 Å². The minimum absolute atomic E-state index is 0.136. The van der Waals surface area contributed by atoms with Crippen LogP contribution in [0.15, 0.2) is 24.3 Å². The maximum Gasteiger partial charge on any atom is 0.326 e. The van der Waals surface area contributed by atoms with Gasteiger partial charge in [0.2, 0.25) is 5.91 Å². The summed E-state index contributed by atoms with van der Waals surface area (Å²) in [6, 6.07) is 6.02. The van der Waals surface area contributed by atoms with Gasteiger partial charge >= 0.3 is 5.97 Å². The fourth-order valence-corrected chi connectivity index (χ4v) is 5.81. The number of fused-ring (bicyclic) bond motifs is 3. The molecule has 4 rings (SSSR count). The molecule has 1 aromatic rings. The molecule has 1 aromatic carbocycles. The third-order valence-electron chi connectivity index (χ3n) is 5.35. The van der Waals surface area contributed by atoms with Gasteiger partial charge < -0.3 is 14.9 Å². The van der Waals surface area contributed by atoms with Gasteiger partial charge in [-0.15, -0.1) is 11.8 Å². The quantitative estimate of drug-likeness (QED) is 0.874. The lowest BCUT2D eigenvalue weighted by Gasteiger charge is -2.34. The molecule has 0 bridgehead atoms. The largest absolute Gasteiger partial charge is 0.480 e. The van der Waals surface area contributed by atoms with E-state index in [1.807, 2.05) is 32.0 Å². The number of thioether (sulfide) groups is 1. The maximum atomic E-state index is 13.3. The van der Waals surface area contributed by atoms with Crippen molar-refractivity contribution in [3.05, 3.63) is 35.4 Å². The minimum atomic E-state index is -0.970. The topological polar surface area (TPSA) is 77.9 Å². The van der Waals surface area contributed by atoms with Crippen molar-refractivity contribution in [3.8, 4) is 0 Å². The second kappa shape index (κ2) is 5.49. The van der Waals surface area contributed by atoms with Crippen molar-refractivity contribution in [1.82, 2.24) is 9.80 Å². The van der Waals surface area contributed by atoms with Crippen molar-refractivity contribution < 1.29 is 19.5 Å². The third kappa shape index (κ3) is 2.28. The highest BCUT2D eigenvalue weighted by molar-refractivity contribution is 8.01. The Labute approximate surface area is 150 Å². The van der Waals surface area contributed by atoms with Gasteiger partial charge in [0.25, 0.3) is 5.91 Å². The Bertz CT molecular complexity index is 778. The summed E-state index contributed by atoms with van der Waals surface area (Å²) >= 11 is 1.60. The summed E-state index contributed by atoms with van der Waals surface area (Å²) < 4.78 is -0.476. The van der Waals surface area contributed by atoms with Crippen LogP contribution in [0.3, 0.4) is 0 Å². The number of aliphatic carboxylic acids is 1. The maximum absolute atomic E-state index is 13.3. The van der Waals surface area contributed by atoms with Gasteiger partial charge in [0.05, 0.1) is 0 Å². The Morgan fingerprint density at radius 1 is 1.28 bits per heavy atom. The molecule has 2 amide bonds. The monoisotopic (exact) mass is 360 g/mol. The molecular formula is C18H20N2O4S. The fourth-order valence-electron chi connectivity index (χ4n) is 4.22. The van der Waals surface area contributed by atoms with Crippen molar-refractivity contribution in [2.45, 2.75) is 48.9 Å². The van der Waals surface area contributed by atoms with E-state index in [0.717, 1.165) is 5.56 Å². The van der Waals surface area contributed by atoms with Gasteiger partial charge in [0.15, 0.2) is 0 Å². The Hall–Kier alpha value is -2.02. The summed E-state index contributed by atoms with van der Waals surface area (Å²) in [5, 5.41) is 9.23.